The first-order valence-electron chi connectivity index (χ1n) is 9.70. The molecule has 3 aromatic rings. The summed E-state index contributed by atoms with van der Waals surface area (Å²) in [6, 6.07) is 5.95. The number of aromatic nitrogens is 3. The van der Waals surface area contributed by atoms with Gasteiger partial charge in [-0.05, 0) is 30.9 Å². The van der Waals surface area contributed by atoms with Gasteiger partial charge in [-0.2, -0.15) is 0 Å². The second kappa shape index (κ2) is 10.3. The van der Waals surface area contributed by atoms with E-state index in [0.29, 0.717) is 24.9 Å². The van der Waals surface area contributed by atoms with Gasteiger partial charge in [-0.3, -0.25) is 0 Å². The molecule has 1 aromatic carbocycles. The lowest BCUT2D eigenvalue weighted by molar-refractivity contribution is 0.0614. The lowest BCUT2D eigenvalue weighted by atomic mass is 10.00. The molecule has 1 aliphatic heterocycles. The van der Waals surface area contributed by atoms with E-state index in [9.17, 15) is 0 Å². The number of nitrogens with zero attached hydrogens (tertiary/aromatic N) is 3. The van der Waals surface area contributed by atoms with E-state index in [-0.39, 0.29) is 24.8 Å². The predicted molar refractivity (Wildman–Crippen MR) is 121 cm³/mol. The van der Waals surface area contributed by atoms with E-state index in [2.05, 4.69) is 22.5 Å². The Hall–Kier alpha value is -1.80. The van der Waals surface area contributed by atoms with Gasteiger partial charge in [0.2, 0.25) is 0 Å². The van der Waals surface area contributed by atoms with Crippen LogP contribution in [0.4, 0.5) is 5.82 Å². The first-order chi connectivity index (χ1) is 13.2. The highest BCUT2D eigenvalue weighted by Gasteiger charge is 2.21. The van der Waals surface area contributed by atoms with E-state index in [1.807, 2.05) is 12.1 Å². The quantitative estimate of drug-likeness (QED) is 0.607. The van der Waals surface area contributed by atoms with Gasteiger partial charge in [-0.1, -0.05) is 6.92 Å². The van der Waals surface area contributed by atoms with Crippen molar-refractivity contribution in [3.8, 4) is 5.75 Å². The molecule has 0 bridgehead atoms. The number of ether oxygens (including phenoxy) is 2. The molecule has 4 N–H and O–H groups in total. The van der Waals surface area contributed by atoms with Gasteiger partial charge in [0.05, 0.1) is 11.0 Å². The molecule has 3 heterocycles. The molecule has 29 heavy (non-hydrogen) atoms. The molecule has 2 aromatic heterocycles. The summed E-state index contributed by atoms with van der Waals surface area (Å²) in [7, 11) is 0. The number of imidazole rings is 1. The Morgan fingerprint density at radius 1 is 1.21 bits per heavy atom. The number of nitrogen functional groups attached to an aromatic ring is 1. The van der Waals surface area contributed by atoms with Crippen LogP contribution in [0, 0.1) is 5.92 Å². The molecule has 0 radical (unpaired) electrons. The molecule has 0 saturated carbocycles. The number of pyridine rings is 1. The Morgan fingerprint density at radius 3 is 2.66 bits per heavy atom. The van der Waals surface area contributed by atoms with E-state index >= 15 is 0 Å². The Morgan fingerprint density at radius 2 is 1.97 bits per heavy atom. The van der Waals surface area contributed by atoms with Crippen LogP contribution in [0.25, 0.3) is 21.9 Å². The number of benzene rings is 1. The molecule has 0 atom stereocenters. The lowest BCUT2D eigenvalue weighted by Crippen LogP contribution is -2.21. The van der Waals surface area contributed by atoms with Gasteiger partial charge >= 0.3 is 0 Å². The predicted octanol–water partition coefficient (Wildman–Crippen LogP) is 3.34. The summed E-state index contributed by atoms with van der Waals surface area (Å²) in [4.78, 5) is 9.39. The van der Waals surface area contributed by atoms with E-state index in [0.717, 1.165) is 72.5 Å². The third-order valence-electron chi connectivity index (χ3n) is 5.24. The first-order valence-corrected chi connectivity index (χ1v) is 9.70. The summed E-state index contributed by atoms with van der Waals surface area (Å²) >= 11 is 0. The monoisotopic (exact) mass is 441 g/mol. The molecular weight excluding hydrogens is 413 g/mol. The minimum atomic E-state index is 0. The van der Waals surface area contributed by atoms with Crippen LogP contribution in [0.2, 0.25) is 0 Å². The van der Waals surface area contributed by atoms with Crippen LogP contribution >= 0.6 is 24.8 Å². The van der Waals surface area contributed by atoms with E-state index in [1.54, 1.807) is 0 Å². The lowest BCUT2D eigenvalue weighted by Gasteiger charge is -2.23. The van der Waals surface area contributed by atoms with Gasteiger partial charge in [0.25, 0.3) is 0 Å². The number of halogens is 2. The maximum absolute atomic E-state index is 6.27. The second-order valence-corrected chi connectivity index (χ2v) is 7.06. The summed E-state index contributed by atoms with van der Waals surface area (Å²) in [6.45, 7) is 5.70. The van der Waals surface area contributed by atoms with E-state index in [4.69, 9.17) is 25.9 Å². The molecule has 1 fully saturated rings. The zero-order chi connectivity index (χ0) is 18.8. The van der Waals surface area contributed by atoms with Gasteiger partial charge < -0.3 is 25.5 Å². The summed E-state index contributed by atoms with van der Waals surface area (Å²) in [5.74, 6) is 2.87. The summed E-state index contributed by atoms with van der Waals surface area (Å²) in [5, 5.41) is 1.05. The van der Waals surface area contributed by atoms with Gasteiger partial charge in [-0.25, -0.2) is 9.97 Å². The number of nitrogens with two attached hydrogens (primary N) is 2. The fourth-order valence-corrected chi connectivity index (χ4v) is 3.86. The molecular formula is C20H29Cl2N5O2. The molecule has 9 heteroatoms. The minimum absolute atomic E-state index is 0. The number of hydrogen-bond acceptors (Lipinski definition) is 6. The van der Waals surface area contributed by atoms with Crippen molar-refractivity contribution in [1.82, 2.24) is 14.5 Å². The smallest absolute Gasteiger partial charge is 0.152 e. The van der Waals surface area contributed by atoms with Crippen LogP contribution in [-0.4, -0.2) is 40.9 Å². The van der Waals surface area contributed by atoms with Crippen LogP contribution in [0.5, 0.6) is 5.75 Å². The van der Waals surface area contributed by atoms with Crippen molar-refractivity contribution in [2.75, 3.05) is 32.1 Å². The fraction of sp³-hybridized carbons (Fsp3) is 0.500. The number of anilines is 1. The number of rotatable bonds is 6. The fourth-order valence-electron chi connectivity index (χ4n) is 3.86. The Bertz CT molecular complexity index is 957. The van der Waals surface area contributed by atoms with Crippen molar-refractivity contribution in [2.24, 2.45) is 11.7 Å². The van der Waals surface area contributed by atoms with Crippen molar-refractivity contribution in [1.29, 1.82) is 0 Å². The van der Waals surface area contributed by atoms with E-state index < -0.39 is 0 Å². The number of hydrogen-bond donors (Lipinski definition) is 2. The molecule has 1 aliphatic rings. The zero-order valence-electron chi connectivity index (χ0n) is 16.6. The number of fused-ring (bicyclic) bond motifs is 3. The van der Waals surface area contributed by atoms with Crippen molar-refractivity contribution in [3.63, 3.8) is 0 Å². The maximum Gasteiger partial charge on any atom is 0.152 e. The highest BCUT2D eigenvalue weighted by Crippen LogP contribution is 2.32. The molecule has 4 rings (SSSR count). The largest absolute Gasteiger partial charge is 0.492 e. The summed E-state index contributed by atoms with van der Waals surface area (Å²) in [5.41, 5.74) is 14.5. The standard InChI is InChI=1S/C20H27N5O2.2ClH/c1-2-17-24-18-19(25(17)12-13-5-8-26-9-6-13)15-4-3-14(27-10-7-21)11-16(15)23-20(18)22;;/h3-4,11,13H,2,5-10,12,21H2,1H3,(H2,22,23);2*1H. The molecule has 7 nitrogen and oxygen atoms in total. The SMILES string of the molecule is CCc1nc2c(N)nc3cc(OCCN)ccc3c2n1CC1CCOCC1.Cl.Cl. The van der Waals surface area contributed by atoms with Gasteiger partial charge in [0.1, 0.15) is 23.7 Å². The molecule has 160 valence electrons. The Labute approximate surface area is 183 Å². The first kappa shape index (κ1) is 23.5. The van der Waals surface area contributed by atoms with Gasteiger partial charge in [0, 0.05) is 44.2 Å². The Balaban J connectivity index is 0.00000150. The number of aryl methyl sites for hydroxylation is 1. The van der Waals surface area contributed by atoms with Gasteiger partial charge in [-0.15, -0.1) is 24.8 Å². The molecule has 0 spiro atoms. The molecule has 0 amide bonds. The minimum Gasteiger partial charge on any atom is -0.492 e. The molecule has 0 aliphatic carbocycles. The Kier molecular flexibility index (Phi) is 8.34. The third kappa shape index (κ3) is 4.69. The third-order valence-corrected chi connectivity index (χ3v) is 5.24. The van der Waals surface area contributed by atoms with Crippen molar-refractivity contribution >= 4 is 52.6 Å². The second-order valence-electron chi connectivity index (χ2n) is 7.06. The topological polar surface area (TPSA) is 101 Å². The van der Waals surface area contributed by atoms with Crippen LogP contribution in [0.15, 0.2) is 18.2 Å². The summed E-state index contributed by atoms with van der Waals surface area (Å²) < 4.78 is 13.5. The van der Waals surface area contributed by atoms with Crippen LogP contribution < -0.4 is 16.2 Å². The normalized spacial score (nSPS) is 14.6. The van der Waals surface area contributed by atoms with Crippen molar-refractivity contribution in [2.45, 2.75) is 32.7 Å². The average Bonchev–Trinajstić information content (AvgIpc) is 3.06. The van der Waals surface area contributed by atoms with Crippen molar-refractivity contribution in [3.05, 3.63) is 24.0 Å². The molecule has 0 unspecified atom stereocenters. The van der Waals surface area contributed by atoms with Crippen LogP contribution in [0.3, 0.4) is 0 Å². The van der Waals surface area contributed by atoms with E-state index in [1.165, 1.54) is 0 Å². The molecule has 1 saturated heterocycles. The van der Waals surface area contributed by atoms with Crippen LogP contribution in [-0.2, 0) is 17.7 Å². The van der Waals surface area contributed by atoms with Crippen molar-refractivity contribution < 1.29 is 9.47 Å². The maximum atomic E-state index is 6.27. The zero-order valence-corrected chi connectivity index (χ0v) is 18.2. The van der Waals surface area contributed by atoms with Crippen LogP contribution in [0.1, 0.15) is 25.6 Å². The highest BCUT2D eigenvalue weighted by atomic mass is 35.5. The highest BCUT2D eigenvalue weighted by molar-refractivity contribution is 6.06. The average molecular weight is 442 g/mol. The summed E-state index contributed by atoms with van der Waals surface area (Å²) in [6.07, 6.45) is 3.02. The van der Waals surface area contributed by atoms with Gasteiger partial charge in [0.15, 0.2) is 5.82 Å².